The number of para-hydroxylation sites is 1. The van der Waals surface area contributed by atoms with E-state index in [4.69, 9.17) is 14.8 Å². The van der Waals surface area contributed by atoms with Gasteiger partial charge in [0.05, 0.1) is 5.69 Å². The van der Waals surface area contributed by atoms with E-state index in [1.807, 2.05) is 24.4 Å². The van der Waals surface area contributed by atoms with Gasteiger partial charge in [0.15, 0.2) is 0 Å². The molecule has 0 radical (unpaired) electrons. The van der Waals surface area contributed by atoms with E-state index in [2.05, 4.69) is 118 Å². The van der Waals surface area contributed by atoms with Gasteiger partial charge in [0.25, 0.3) is 0 Å². The molecule has 0 saturated heterocycles. The van der Waals surface area contributed by atoms with E-state index in [1.165, 1.54) is 28.9 Å². The van der Waals surface area contributed by atoms with E-state index >= 15 is 0 Å². The summed E-state index contributed by atoms with van der Waals surface area (Å²) in [6.07, 6.45) is 9.70. The minimum Gasteiger partial charge on any atom is -0.509 e. The van der Waals surface area contributed by atoms with Crippen molar-refractivity contribution in [1.29, 1.82) is 0 Å². The predicted octanol–water partition coefficient (Wildman–Crippen LogP) is 11.0. The molecule has 3 atom stereocenters. The van der Waals surface area contributed by atoms with E-state index in [0.29, 0.717) is 29.3 Å². The van der Waals surface area contributed by atoms with Crippen molar-refractivity contribution in [2.45, 2.75) is 86.5 Å². The molecule has 254 valence electrons. The van der Waals surface area contributed by atoms with Gasteiger partial charge in [-0.25, -0.2) is 4.98 Å². The van der Waals surface area contributed by atoms with Crippen LogP contribution in [0.3, 0.4) is 0 Å². The van der Waals surface area contributed by atoms with Crippen LogP contribution < -0.4 is 4.74 Å². The Kier molecular flexibility index (Phi) is 10.3. The van der Waals surface area contributed by atoms with Gasteiger partial charge in [-0.05, 0) is 86.2 Å². The number of pyridine rings is 1. The van der Waals surface area contributed by atoms with Crippen LogP contribution in [-0.2, 0) is 33.9 Å². The maximum absolute atomic E-state index is 6.59. The van der Waals surface area contributed by atoms with Gasteiger partial charge >= 0.3 is 21.1 Å². The van der Waals surface area contributed by atoms with Crippen molar-refractivity contribution >= 4 is 21.8 Å². The monoisotopic (exact) mass is 829 g/mol. The van der Waals surface area contributed by atoms with Crippen molar-refractivity contribution in [2.75, 3.05) is 0 Å². The van der Waals surface area contributed by atoms with Crippen LogP contribution in [0.15, 0.2) is 78.5 Å². The first-order chi connectivity index (χ1) is 23.2. The molecule has 1 aliphatic carbocycles. The number of benzene rings is 3. The molecule has 6 aromatic rings. The number of nitrogens with zero attached hydrogens (tertiary/aromatic N) is 4. The normalized spacial score (nSPS) is 17.7. The molecule has 1 aliphatic rings. The topological polar surface area (TPSA) is 44.9 Å². The summed E-state index contributed by atoms with van der Waals surface area (Å²) >= 11 is 0. The minimum atomic E-state index is 0. The number of hydrogen-bond acceptors (Lipinski definition) is 3. The number of hydrogen-bond donors (Lipinski definition) is 0. The van der Waals surface area contributed by atoms with Gasteiger partial charge in [0.1, 0.15) is 5.82 Å². The molecule has 3 heterocycles. The summed E-state index contributed by atoms with van der Waals surface area (Å²) in [5.41, 5.74) is 10.7. The third-order valence-electron chi connectivity index (χ3n) is 9.97. The van der Waals surface area contributed by atoms with Crippen LogP contribution in [0.5, 0.6) is 11.5 Å². The van der Waals surface area contributed by atoms with Crippen molar-refractivity contribution in [1.82, 2.24) is 19.3 Å². The molecule has 7 rings (SSSR count). The van der Waals surface area contributed by atoms with Gasteiger partial charge in [-0.3, -0.25) is 4.68 Å². The SMILES string of the molecule is CCCCc1c(C2C(C)=C[C@H](C)C[C@@H]2C)c(CC)nn1-c1[c-]c(Oc2[c-]c3c(cc2)c2ccccc2n3-c2cc(C)ccn2)cc(C)c1.[Pt+2]. The summed E-state index contributed by atoms with van der Waals surface area (Å²) in [5, 5.41) is 7.58. The van der Waals surface area contributed by atoms with Crippen molar-refractivity contribution < 1.29 is 25.8 Å². The Morgan fingerprint density at radius 3 is 2.47 bits per heavy atom. The van der Waals surface area contributed by atoms with Crippen molar-refractivity contribution in [3.05, 3.63) is 119 Å². The number of rotatable bonds is 9. The fourth-order valence-electron chi connectivity index (χ4n) is 7.99. The van der Waals surface area contributed by atoms with Gasteiger partial charge in [0.2, 0.25) is 0 Å². The van der Waals surface area contributed by atoms with Crippen LogP contribution in [0, 0.1) is 37.8 Å². The number of allylic oxidation sites excluding steroid dienone is 2. The quantitative estimate of drug-likeness (QED) is 0.108. The summed E-state index contributed by atoms with van der Waals surface area (Å²) in [7, 11) is 0. The number of ether oxygens (including phenoxy) is 1. The molecule has 5 nitrogen and oxygen atoms in total. The molecule has 49 heavy (non-hydrogen) atoms. The first kappa shape index (κ1) is 34.9. The zero-order valence-electron chi connectivity index (χ0n) is 29.7. The Morgan fingerprint density at radius 1 is 0.898 bits per heavy atom. The third kappa shape index (κ3) is 6.67. The van der Waals surface area contributed by atoms with E-state index in [9.17, 15) is 0 Å². The average molecular weight is 830 g/mol. The first-order valence-electron chi connectivity index (χ1n) is 17.6. The standard InChI is InChI=1S/C43H46N4O.Pt/c1-8-10-14-39-43(42-30(6)20-28(4)21-31(42)7)37(9-2)45-47(39)32-22-29(5)23-34(25-32)48-33-16-17-36-35-13-11-12-15-38(35)46(40(36)26-33)41-24-27(3)18-19-44-41;/h11-13,15-20,22-24,28,31,42H,8-10,14,21H2,1-7H3;/q-2;+2/t28-,31-,42?;/m0./s1. The third-order valence-corrected chi connectivity index (χ3v) is 9.97. The Labute approximate surface area is 305 Å². The number of aryl methyl sites for hydroxylation is 3. The van der Waals surface area contributed by atoms with E-state index in [0.717, 1.165) is 70.1 Å². The number of fused-ring (bicyclic) bond motifs is 3. The Balaban J connectivity index is 0.00000417. The van der Waals surface area contributed by atoms with Crippen LogP contribution in [0.4, 0.5) is 0 Å². The predicted molar refractivity (Wildman–Crippen MR) is 197 cm³/mol. The Hall–Kier alpha value is -3.95. The largest absolute Gasteiger partial charge is 2.00 e. The van der Waals surface area contributed by atoms with E-state index < -0.39 is 0 Å². The van der Waals surface area contributed by atoms with Crippen LogP contribution in [0.1, 0.15) is 87.9 Å². The first-order valence-corrected chi connectivity index (χ1v) is 17.6. The fourth-order valence-corrected chi connectivity index (χ4v) is 7.99. The van der Waals surface area contributed by atoms with Gasteiger partial charge in [0, 0.05) is 40.4 Å². The average Bonchev–Trinajstić information content (AvgIpc) is 3.58. The fraction of sp³-hybridized carbons (Fsp3) is 0.349. The second-order valence-electron chi connectivity index (χ2n) is 13.9. The summed E-state index contributed by atoms with van der Waals surface area (Å²) in [4.78, 5) is 4.73. The van der Waals surface area contributed by atoms with Gasteiger partial charge < -0.3 is 9.30 Å². The summed E-state index contributed by atoms with van der Waals surface area (Å²) < 4.78 is 10.9. The molecule has 0 bridgehead atoms. The van der Waals surface area contributed by atoms with Gasteiger partial charge in [-0.15, -0.1) is 35.7 Å². The summed E-state index contributed by atoms with van der Waals surface area (Å²) in [6.45, 7) is 15.8. The van der Waals surface area contributed by atoms with Crippen LogP contribution in [0.25, 0.3) is 33.3 Å². The van der Waals surface area contributed by atoms with Crippen molar-refractivity contribution in [3.8, 4) is 23.0 Å². The maximum atomic E-state index is 6.59. The summed E-state index contributed by atoms with van der Waals surface area (Å²) in [6, 6.07) is 28.2. The molecule has 0 amide bonds. The van der Waals surface area contributed by atoms with E-state index in [1.54, 1.807) is 0 Å². The van der Waals surface area contributed by atoms with Crippen LogP contribution >= 0.6 is 0 Å². The second kappa shape index (κ2) is 14.5. The molecule has 3 aromatic heterocycles. The van der Waals surface area contributed by atoms with Gasteiger partial charge in [-0.2, -0.15) is 16.7 Å². The van der Waals surface area contributed by atoms with E-state index in [-0.39, 0.29) is 21.1 Å². The van der Waals surface area contributed by atoms with Gasteiger partial charge in [-0.1, -0.05) is 76.4 Å². The molecule has 6 heteroatoms. The molecular formula is C43H46N4OPt. The Morgan fingerprint density at radius 2 is 1.71 bits per heavy atom. The van der Waals surface area contributed by atoms with Crippen molar-refractivity contribution in [2.24, 2.45) is 11.8 Å². The molecule has 0 saturated carbocycles. The Bertz CT molecular complexity index is 2150. The zero-order valence-corrected chi connectivity index (χ0v) is 32.0. The molecule has 1 unspecified atom stereocenters. The van der Waals surface area contributed by atoms with Crippen molar-refractivity contribution in [3.63, 3.8) is 0 Å². The zero-order chi connectivity index (χ0) is 33.5. The molecule has 0 fully saturated rings. The molecule has 3 aromatic carbocycles. The maximum Gasteiger partial charge on any atom is 2.00 e. The number of aromatic nitrogens is 4. The molecular weight excluding hydrogens is 784 g/mol. The smallest absolute Gasteiger partial charge is 0.509 e. The molecule has 0 N–H and O–H groups in total. The molecule has 0 spiro atoms. The van der Waals surface area contributed by atoms with Crippen LogP contribution in [0.2, 0.25) is 0 Å². The molecule has 0 aliphatic heterocycles. The number of unbranched alkanes of at least 4 members (excludes halogenated alkanes) is 1. The van der Waals surface area contributed by atoms with Crippen LogP contribution in [-0.4, -0.2) is 19.3 Å². The summed E-state index contributed by atoms with van der Waals surface area (Å²) in [5.74, 6) is 3.75. The minimum absolute atomic E-state index is 0. The second-order valence-corrected chi connectivity index (χ2v) is 13.9.